The smallest absolute Gasteiger partial charge is 0.185 e. The summed E-state index contributed by atoms with van der Waals surface area (Å²) in [5.74, 6) is 0.423. The van der Waals surface area contributed by atoms with Gasteiger partial charge in [-0.1, -0.05) is 13.8 Å². The summed E-state index contributed by atoms with van der Waals surface area (Å²) in [5, 5.41) is 13.0. The quantitative estimate of drug-likeness (QED) is 0.837. The van der Waals surface area contributed by atoms with Crippen LogP contribution < -0.4 is 4.90 Å². The first-order chi connectivity index (χ1) is 7.20. The molecule has 0 spiro atoms. The molecule has 0 amide bonds. The number of thiazole rings is 1. The second-order valence-electron chi connectivity index (χ2n) is 4.25. The van der Waals surface area contributed by atoms with Crippen molar-refractivity contribution in [3.8, 4) is 0 Å². The van der Waals surface area contributed by atoms with Gasteiger partial charge in [0, 0.05) is 18.5 Å². The minimum absolute atomic E-state index is 0.201. The average molecular weight is 226 g/mol. The van der Waals surface area contributed by atoms with Gasteiger partial charge in [0.25, 0.3) is 0 Å². The molecule has 0 aromatic carbocycles. The van der Waals surface area contributed by atoms with Crippen molar-refractivity contribution >= 4 is 16.5 Å². The van der Waals surface area contributed by atoms with Crippen molar-refractivity contribution < 1.29 is 5.11 Å². The normalized spacial score (nSPS) is 27.0. The van der Waals surface area contributed by atoms with Gasteiger partial charge in [-0.25, -0.2) is 4.98 Å². The number of nitrogens with zero attached hydrogens (tertiary/aromatic N) is 2. The summed E-state index contributed by atoms with van der Waals surface area (Å²) in [6, 6.07) is 0. The Kier molecular flexibility index (Phi) is 3.26. The predicted octanol–water partition coefficient (Wildman–Crippen LogP) is 1.91. The zero-order chi connectivity index (χ0) is 10.8. The molecular formula is C11H18N2OS. The van der Waals surface area contributed by atoms with Gasteiger partial charge >= 0.3 is 0 Å². The number of β-amino-alcohol motifs (C(OH)–C–C–N with tert-alkyl or cyclic N) is 1. The standard InChI is InChI=1S/C11H18N2OS/c1-3-9-7-15-11(12-9)13-5-4-8(2)10(14)6-13/h7-8,10,14H,3-6H2,1-2H3. The van der Waals surface area contributed by atoms with Crippen molar-refractivity contribution in [3.63, 3.8) is 0 Å². The number of aryl methyl sites for hydroxylation is 1. The van der Waals surface area contributed by atoms with Gasteiger partial charge in [0.15, 0.2) is 5.13 Å². The number of aliphatic hydroxyl groups is 1. The largest absolute Gasteiger partial charge is 0.391 e. The van der Waals surface area contributed by atoms with Crippen LogP contribution in [0.4, 0.5) is 5.13 Å². The van der Waals surface area contributed by atoms with Crippen molar-refractivity contribution in [2.75, 3.05) is 18.0 Å². The van der Waals surface area contributed by atoms with E-state index in [1.165, 1.54) is 0 Å². The second-order valence-corrected chi connectivity index (χ2v) is 5.09. The van der Waals surface area contributed by atoms with Gasteiger partial charge in [-0.15, -0.1) is 11.3 Å². The van der Waals surface area contributed by atoms with Crippen LogP contribution in [0.5, 0.6) is 0 Å². The molecular weight excluding hydrogens is 208 g/mol. The molecule has 0 radical (unpaired) electrons. The van der Waals surface area contributed by atoms with Crippen molar-refractivity contribution in [1.82, 2.24) is 4.98 Å². The number of hydrogen-bond acceptors (Lipinski definition) is 4. The SMILES string of the molecule is CCc1csc(N2CCC(C)C(O)C2)n1. The molecule has 3 nitrogen and oxygen atoms in total. The third-order valence-corrected chi connectivity index (χ3v) is 4.04. The highest BCUT2D eigenvalue weighted by atomic mass is 32.1. The lowest BCUT2D eigenvalue weighted by molar-refractivity contribution is 0.103. The molecule has 0 bridgehead atoms. The van der Waals surface area contributed by atoms with Crippen LogP contribution in [-0.2, 0) is 6.42 Å². The zero-order valence-electron chi connectivity index (χ0n) is 9.31. The summed E-state index contributed by atoms with van der Waals surface area (Å²) in [5.41, 5.74) is 1.16. The van der Waals surface area contributed by atoms with Gasteiger partial charge in [-0.3, -0.25) is 0 Å². The summed E-state index contributed by atoms with van der Waals surface area (Å²) in [6.07, 6.45) is 1.85. The molecule has 1 aliphatic rings. The third-order valence-electron chi connectivity index (χ3n) is 3.09. The van der Waals surface area contributed by atoms with Gasteiger partial charge in [0.05, 0.1) is 11.8 Å². The molecule has 1 aromatic heterocycles. The molecule has 2 unspecified atom stereocenters. The fourth-order valence-electron chi connectivity index (χ4n) is 1.83. The Balaban J connectivity index is 2.05. The lowest BCUT2D eigenvalue weighted by Gasteiger charge is -2.33. The number of rotatable bonds is 2. The van der Waals surface area contributed by atoms with Crippen molar-refractivity contribution in [3.05, 3.63) is 11.1 Å². The predicted molar refractivity (Wildman–Crippen MR) is 63.5 cm³/mol. The maximum Gasteiger partial charge on any atom is 0.185 e. The topological polar surface area (TPSA) is 36.4 Å². The Morgan fingerprint density at radius 1 is 1.67 bits per heavy atom. The van der Waals surface area contributed by atoms with Gasteiger partial charge in [0.2, 0.25) is 0 Å². The summed E-state index contributed by atoms with van der Waals surface area (Å²) >= 11 is 1.69. The number of aromatic nitrogens is 1. The third kappa shape index (κ3) is 2.32. The highest BCUT2D eigenvalue weighted by Gasteiger charge is 2.25. The average Bonchev–Trinajstić information content (AvgIpc) is 2.70. The first-order valence-electron chi connectivity index (χ1n) is 5.58. The van der Waals surface area contributed by atoms with Crippen LogP contribution >= 0.6 is 11.3 Å². The molecule has 1 saturated heterocycles. The second kappa shape index (κ2) is 4.49. The number of aliphatic hydroxyl groups excluding tert-OH is 1. The molecule has 0 saturated carbocycles. The van der Waals surface area contributed by atoms with E-state index in [1.807, 2.05) is 0 Å². The highest BCUT2D eigenvalue weighted by Crippen LogP contribution is 2.26. The summed E-state index contributed by atoms with van der Waals surface area (Å²) in [7, 11) is 0. The number of hydrogen-bond donors (Lipinski definition) is 1. The van der Waals surface area contributed by atoms with E-state index in [2.05, 4.69) is 29.1 Å². The zero-order valence-corrected chi connectivity index (χ0v) is 10.1. The highest BCUT2D eigenvalue weighted by molar-refractivity contribution is 7.13. The Labute approximate surface area is 94.8 Å². The molecule has 0 aliphatic carbocycles. The maximum absolute atomic E-state index is 9.81. The summed E-state index contributed by atoms with van der Waals surface area (Å²) in [4.78, 5) is 6.75. The molecule has 1 fully saturated rings. The first kappa shape index (κ1) is 10.9. The Bertz CT molecular complexity index is 326. The first-order valence-corrected chi connectivity index (χ1v) is 6.46. The number of piperidine rings is 1. The molecule has 84 valence electrons. The molecule has 2 atom stereocenters. The van der Waals surface area contributed by atoms with E-state index >= 15 is 0 Å². The van der Waals surface area contributed by atoms with Gasteiger partial charge < -0.3 is 10.0 Å². The van der Waals surface area contributed by atoms with Crippen LogP contribution in [-0.4, -0.2) is 29.3 Å². The van der Waals surface area contributed by atoms with E-state index in [0.717, 1.165) is 36.8 Å². The molecule has 15 heavy (non-hydrogen) atoms. The van der Waals surface area contributed by atoms with Crippen LogP contribution in [0.1, 0.15) is 26.0 Å². The van der Waals surface area contributed by atoms with Crippen LogP contribution in [0.2, 0.25) is 0 Å². The minimum atomic E-state index is -0.201. The fourth-order valence-corrected chi connectivity index (χ4v) is 2.77. The Hall–Kier alpha value is -0.610. The van der Waals surface area contributed by atoms with E-state index in [0.29, 0.717) is 5.92 Å². The van der Waals surface area contributed by atoms with Gasteiger partial charge in [-0.05, 0) is 18.8 Å². The molecule has 1 aliphatic heterocycles. The maximum atomic E-state index is 9.81. The summed E-state index contributed by atoms with van der Waals surface area (Å²) < 4.78 is 0. The van der Waals surface area contributed by atoms with E-state index < -0.39 is 0 Å². The molecule has 2 rings (SSSR count). The fraction of sp³-hybridized carbons (Fsp3) is 0.727. The molecule has 1 aromatic rings. The minimum Gasteiger partial charge on any atom is -0.391 e. The molecule has 4 heteroatoms. The molecule has 1 N–H and O–H groups in total. The van der Waals surface area contributed by atoms with E-state index in [1.54, 1.807) is 11.3 Å². The lowest BCUT2D eigenvalue weighted by atomic mass is 9.96. The van der Waals surface area contributed by atoms with E-state index in [9.17, 15) is 5.11 Å². The lowest BCUT2D eigenvalue weighted by Crippen LogP contribution is -2.42. The van der Waals surface area contributed by atoms with Crippen LogP contribution in [0, 0.1) is 5.92 Å². The molecule has 2 heterocycles. The summed E-state index contributed by atoms with van der Waals surface area (Å²) in [6.45, 7) is 5.99. The van der Waals surface area contributed by atoms with Crippen LogP contribution in [0.25, 0.3) is 0 Å². The Morgan fingerprint density at radius 2 is 2.47 bits per heavy atom. The monoisotopic (exact) mass is 226 g/mol. The number of anilines is 1. The van der Waals surface area contributed by atoms with Crippen molar-refractivity contribution in [1.29, 1.82) is 0 Å². The van der Waals surface area contributed by atoms with Gasteiger partial charge in [-0.2, -0.15) is 0 Å². The Morgan fingerprint density at radius 3 is 3.07 bits per heavy atom. The van der Waals surface area contributed by atoms with E-state index in [-0.39, 0.29) is 6.10 Å². The van der Waals surface area contributed by atoms with Crippen LogP contribution in [0.15, 0.2) is 5.38 Å². The van der Waals surface area contributed by atoms with Crippen molar-refractivity contribution in [2.24, 2.45) is 5.92 Å². The van der Waals surface area contributed by atoms with E-state index in [4.69, 9.17) is 0 Å². The van der Waals surface area contributed by atoms with Gasteiger partial charge in [0.1, 0.15) is 0 Å². The van der Waals surface area contributed by atoms with Crippen LogP contribution in [0.3, 0.4) is 0 Å². The van der Waals surface area contributed by atoms with Crippen molar-refractivity contribution in [2.45, 2.75) is 32.8 Å².